The SMILES string of the molecule is CC(NC(=O)[C@H]1NCCO[C@@H]1C)c1nnc2ccccn12.Cl.Cl. The number of amides is 1. The molecule has 3 atom stereocenters. The van der Waals surface area contributed by atoms with Gasteiger partial charge in [-0.25, -0.2) is 0 Å². The number of halogens is 2. The molecule has 0 spiro atoms. The van der Waals surface area contributed by atoms with Crippen LogP contribution >= 0.6 is 24.8 Å². The third kappa shape index (κ3) is 4.11. The minimum atomic E-state index is -0.333. The molecule has 23 heavy (non-hydrogen) atoms. The van der Waals surface area contributed by atoms with Gasteiger partial charge in [-0.2, -0.15) is 0 Å². The van der Waals surface area contributed by atoms with E-state index in [0.29, 0.717) is 19.0 Å². The Bertz CT molecular complexity index is 651. The normalized spacial score (nSPS) is 21.8. The Kier molecular flexibility index (Phi) is 7.21. The lowest BCUT2D eigenvalue weighted by molar-refractivity contribution is -0.129. The molecule has 2 N–H and O–H groups in total. The van der Waals surface area contributed by atoms with E-state index in [9.17, 15) is 4.79 Å². The third-order valence-electron chi connectivity index (χ3n) is 3.69. The predicted octanol–water partition coefficient (Wildman–Crippen LogP) is 1.13. The molecule has 1 saturated heterocycles. The van der Waals surface area contributed by atoms with Crippen molar-refractivity contribution in [1.82, 2.24) is 25.2 Å². The van der Waals surface area contributed by atoms with E-state index in [-0.39, 0.29) is 48.9 Å². The van der Waals surface area contributed by atoms with E-state index < -0.39 is 0 Å². The number of nitrogens with one attached hydrogen (secondary N) is 2. The second kappa shape index (κ2) is 8.44. The topological polar surface area (TPSA) is 80.5 Å². The molecular weight excluding hydrogens is 341 g/mol. The molecule has 1 aliphatic heterocycles. The fourth-order valence-electron chi connectivity index (χ4n) is 2.55. The van der Waals surface area contributed by atoms with Gasteiger partial charge in [0.25, 0.3) is 0 Å². The highest BCUT2D eigenvalue weighted by atomic mass is 35.5. The summed E-state index contributed by atoms with van der Waals surface area (Å²) < 4.78 is 7.37. The van der Waals surface area contributed by atoms with Crippen LogP contribution in [-0.2, 0) is 9.53 Å². The standard InChI is InChI=1S/C14H19N5O2.2ClH/c1-9(13-18-17-11-5-3-4-7-19(11)13)16-14(20)12-10(2)21-8-6-15-12;;/h3-5,7,9-10,12,15H,6,8H2,1-2H3,(H,16,20);2*1H/t9?,10-,12+;;/m1../s1. The Hall–Kier alpha value is -1.41. The molecule has 0 aromatic carbocycles. The van der Waals surface area contributed by atoms with Crippen molar-refractivity contribution in [3.63, 3.8) is 0 Å². The molecule has 1 aliphatic rings. The number of hydrogen-bond donors (Lipinski definition) is 2. The molecule has 128 valence electrons. The second-order valence-corrected chi connectivity index (χ2v) is 5.23. The monoisotopic (exact) mass is 361 g/mol. The van der Waals surface area contributed by atoms with Crippen molar-refractivity contribution in [3.8, 4) is 0 Å². The number of hydrogen-bond acceptors (Lipinski definition) is 5. The Balaban J connectivity index is 0.00000132. The van der Waals surface area contributed by atoms with E-state index in [1.54, 1.807) is 0 Å². The fourth-order valence-corrected chi connectivity index (χ4v) is 2.55. The van der Waals surface area contributed by atoms with Gasteiger partial charge in [-0.3, -0.25) is 9.20 Å². The summed E-state index contributed by atoms with van der Waals surface area (Å²) in [7, 11) is 0. The number of carbonyl (C=O) groups is 1. The molecule has 9 heteroatoms. The highest BCUT2D eigenvalue weighted by molar-refractivity contribution is 5.85. The van der Waals surface area contributed by atoms with Crippen LogP contribution in [0.4, 0.5) is 0 Å². The number of ether oxygens (including phenoxy) is 1. The first-order valence-electron chi connectivity index (χ1n) is 7.12. The predicted molar refractivity (Wildman–Crippen MR) is 91.2 cm³/mol. The van der Waals surface area contributed by atoms with Crippen LogP contribution in [0.3, 0.4) is 0 Å². The number of nitrogens with zero attached hydrogens (tertiary/aromatic N) is 3. The molecule has 3 heterocycles. The highest BCUT2D eigenvalue weighted by Gasteiger charge is 2.29. The van der Waals surface area contributed by atoms with Crippen molar-refractivity contribution in [2.75, 3.05) is 13.2 Å². The average Bonchev–Trinajstić information content (AvgIpc) is 2.91. The summed E-state index contributed by atoms with van der Waals surface area (Å²) in [4.78, 5) is 12.3. The Morgan fingerprint density at radius 2 is 2.22 bits per heavy atom. The summed E-state index contributed by atoms with van der Waals surface area (Å²) in [6, 6.07) is 5.13. The number of aromatic nitrogens is 3. The van der Waals surface area contributed by atoms with Crippen LogP contribution in [0, 0.1) is 0 Å². The van der Waals surface area contributed by atoms with E-state index in [2.05, 4.69) is 20.8 Å². The Labute approximate surface area is 147 Å². The molecule has 1 unspecified atom stereocenters. The van der Waals surface area contributed by atoms with Gasteiger partial charge >= 0.3 is 0 Å². The molecule has 3 rings (SSSR count). The molecular formula is C14H21Cl2N5O2. The van der Waals surface area contributed by atoms with Crippen LogP contribution in [0.15, 0.2) is 24.4 Å². The molecule has 2 aromatic rings. The molecule has 0 saturated carbocycles. The first-order chi connectivity index (χ1) is 10.2. The zero-order valence-corrected chi connectivity index (χ0v) is 14.6. The lowest BCUT2D eigenvalue weighted by Gasteiger charge is -2.30. The second-order valence-electron chi connectivity index (χ2n) is 5.23. The Morgan fingerprint density at radius 1 is 1.43 bits per heavy atom. The van der Waals surface area contributed by atoms with Crippen LogP contribution < -0.4 is 10.6 Å². The summed E-state index contributed by atoms with van der Waals surface area (Å²) in [5, 5.41) is 14.4. The Morgan fingerprint density at radius 3 is 2.96 bits per heavy atom. The van der Waals surface area contributed by atoms with Crippen LogP contribution in [0.2, 0.25) is 0 Å². The highest BCUT2D eigenvalue weighted by Crippen LogP contribution is 2.13. The van der Waals surface area contributed by atoms with Crippen LogP contribution in [0.1, 0.15) is 25.7 Å². The number of fused-ring (bicyclic) bond motifs is 1. The first kappa shape index (κ1) is 19.6. The van der Waals surface area contributed by atoms with Crippen molar-refractivity contribution in [2.24, 2.45) is 0 Å². The summed E-state index contributed by atoms with van der Waals surface area (Å²) in [6.45, 7) is 5.11. The van der Waals surface area contributed by atoms with Gasteiger partial charge in [-0.1, -0.05) is 6.07 Å². The minimum absolute atomic E-state index is 0. The van der Waals surface area contributed by atoms with Gasteiger partial charge in [-0.05, 0) is 26.0 Å². The maximum absolute atomic E-state index is 12.3. The van der Waals surface area contributed by atoms with Gasteiger partial charge in [0.2, 0.25) is 5.91 Å². The van der Waals surface area contributed by atoms with E-state index >= 15 is 0 Å². The van der Waals surface area contributed by atoms with E-state index in [1.807, 2.05) is 42.6 Å². The fraction of sp³-hybridized carbons (Fsp3) is 0.500. The van der Waals surface area contributed by atoms with E-state index in [1.165, 1.54) is 0 Å². The number of pyridine rings is 1. The van der Waals surface area contributed by atoms with Crippen molar-refractivity contribution < 1.29 is 9.53 Å². The smallest absolute Gasteiger partial charge is 0.240 e. The zero-order chi connectivity index (χ0) is 14.8. The minimum Gasteiger partial charge on any atom is -0.375 e. The molecule has 7 nitrogen and oxygen atoms in total. The third-order valence-corrected chi connectivity index (χ3v) is 3.69. The van der Waals surface area contributed by atoms with Crippen LogP contribution in [0.5, 0.6) is 0 Å². The molecule has 1 amide bonds. The zero-order valence-electron chi connectivity index (χ0n) is 12.9. The largest absolute Gasteiger partial charge is 0.375 e. The molecule has 0 bridgehead atoms. The summed E-state index contributed by atoms with van der Waals surface area (Å²) in [5.74, 6) is 0.630. The molecule has 0 aliphatic carbocycles. The van der Waals surface area contributed by atoms with Gasteiger partial charge < -0.3 is 15.4 Å². The summed E-state index contributed by atoms with van der Waals surface area (Å²) in [5.41, 5.74) is 0.765. The van der Waals surface area contributed by atoms with Gasteiger partial charge in [0.05, 0.1) is 18.8 Å². The quantitative estimate of drug-likeness (QED) is 0.856. The molecule has 0 radical (unpaired) electrons. The molecule has 2 aromatic heterocycles. The van der Waals surface area contributed by atoms with Crippen LogP contribution in [0.25, 0.3) is 5.65 Å². The van der Waals surface area contributed by atoms with Gasteiger partial charge in [0.15, 0.2) is 11.5 Å². The maximum Gasteiger partial charge on any atom is 0.240 e. The van der Waals surface area contributed by atoms with Gasteiger partial charge in [0, 0.05) is 12.7 Å². The summed E-state index contributed by atoms with van der Waals surface area (Å²) >= 11 is 0. The van der Waals surface area contributed by atoms with Crippen molar-refractivity contribution in [3.05, 3.63) is 30.2 Å². The van der Waals surface area contributed by atoms with Crippen molar-refractivity contribution in [1.29, 1.82) is 0 Å². The average molecular weight is 362 g/mol. The van der Waals surface area contributed by atoms with Crippen molar-refractivity contribution in [2.45, 2.75) is 32.0 Å². The lowest BCUT2D eigenvalue weighted by Crippen LogP contribution is -2.55. The van der Waals surface area contributed by atoms with Gasteiger partial charge in [0.1, 0.15) is 6.04 Å². The summed E-state index contributed by atoms with van der Waals surface area (Å²) in [6.07, 6.45) is 1.75. The molecule has 1 fully saturated rings. The number of rotatable bonds is 3. The van der Waals surface area contributed by atoms with Gasteiger partial charge in [-0.15, -0.1) is 35.0 Å². The lowest BCUT2D eigenvalue weighted by atomic mass is 10.1. The maximum atomic E-state index is 12.3. The number of morpholine rings is 1. The van der Waals surface area contributed by atoms with E-state index in [4.69, 9.17) is 4.74 Å². The van der Waals surface area contributed by atoms with Crippen LogP contribution in [-0.4, -0.2) is 45.8 Å². The van der Waals surface area contributed by atoms with E-state index in [0.717, 1.165) is 5.65 Å². The van der Waals surface area contributed by atoms with Crippen molar-refractivity contribution >= 4 is 36.4 Å². The first-order valence-corrected chi connectivity index (χ1v) is 7.12. The number of carbonyl (C=O) groups excluding carboxylic acids is 1.